The molecule has 1 saturated heterocycles. The van der Waals surface area contributed by atoms with Crippen LogP contribution in [-0.4, -0.2) is 32.3 Å². The lowest BCUT2D eigenvalue weighted by Gasteiger charge is -2.20. The van der Waals surface area contributed by atoms with Gasteiger partial charge in [0.05, 0.1) is 5.56 Å². The van der Waals surface area contributed by atoms with Crippen molar-refractivity contribution in [3.8, 4) is 0 Å². The van der Waals surface area contributed by atoms with Gasteiger partial charge in [0.25, 0.3) is 5.91 Å². The molecule has 106 valence electrons. The first-order valence-corrected chi connectivity index (χ1v) is 8.74. The predicted molar refractivity (Wildman–Crippen MR) is 74.8 cm³/mol. The van der Waals surface area contributed by atoms with Crippen molar-refractivity contribution in [2.45, 2.75) is 36.8 Å². The summed E-state index contributed by atoms with van der Waals surface area (Å²) in [6.07, 6.45) is 4.32. The Balaban J connectivity index is 2.27. The lowest BCUT2D eigenvalue weighted by molar-refractivity contribution is 0.0761. The van der Waals surface area contributed by atoms with E-state index in [2.05, 4.69) is 0 Å². The van der Waals surface area contributed by atoms with Gasteiger partial charge in [-0.05, 0) is 25.3 Å². The maximum absolute atomic E-state index is 12.4. The van der Waals surface area contributed by atoms with Gasteiger partial charge in [0.2, 0.25) is 10.0 Å². The van der Waals surface area contributed by atoms with Crippen LogP contribution in [0.25, 0.3) is 0 Å². The van der Waals surface area contributed by atoms with E-state index in [4.69, 9.17) is 5.14 Å². The minimum atomic E-state index is -3.74. The first kappa shape index (κ1) is 14.5. The van der Waals surface area contributed by atoms with Crippen molar-refractivity contribution in [1.29, 1.82) is 0 Å². The fourth-order valence-corrected chi connectivity index (χ4v) is 4.34. The number of hydrogen-bond donors (Lipinski definition) is 1. The Labute approximate surface area is 117 Å². The number of hydrogen-bond acceptors (Lipinski definition) is 4. The van der Waals surface area contributed by atoms with Crippen LogP contribution in [0.4, 0.5) is 0 Å². The molecule has 0 spiro atoms. The highest BCUT2D eigenvalue weighted by Gasteiger charge is 2.24. The molecule has 0 aromatic carbocycles. The molecular formula is C12H18N2O3S2. The first-order valence-electron chi connectivity index (χ1n) is 6.31. The van der Waals surface area contributed by atoms with E-state index in [0.717, 1.165) is 50.1 Å². The second-order valence-corrected chi connectivity index (χ2v) is 7.45. The van der Waals surface area contributed by atoms with E-state index in [9.17, 15) is 13.2 Å². The van der Waals surface area contributed by atoms with Crippen LogP contribution < -0.4 is 5.14 Å². The number of thiophene rings is 1. The number of sulfonamides is 1. The summed E-state index contributed by atoms with van der Waals surface area (Å²) in [4.78, 5) is 14.2. The van der Waals surface area contributed by atoms with Crippen LogP contribution in [0.3, 0.4) is 0 Å². The zero-order chi connectivity index (χ0) is 14.0. The third kappa shape index (κ3) is 3.16. The monoisotopic (exact) mass is 302 g/mol. The van der Waals surface area contributed by atoms with E-state index < -0.39 is 10.0 Å². The van der Waals surface area contributed by atoms with Gasteiger partial charge in [0, 0.05) is 18.5 Å². The molecule has 7 heteroatoms. The minimum Gasteiger partial charge on any atom is -0.339 e. The molecule has 1 aromatic heterocycles. The molecular weight excluding hydrogens is 284 g/mol. The minimum absolute atomic E-state index is 0.0782. The Hall–Kier alpha value is -0.920. The number of carbonyl (C=O) groups excluding carboxylic acids is 1. The van der Waals surface area contributed by atoms with Gasteiger partial charge >= 0.3 is 0 Å². The van der Waals surface area contributed by atoms with E-state index in [1.54, 1.807) is 12.3 Å². The Kier molecular flexibility index (Phi) is 4.27. The van der Waals surface area contributed by atoms with E-state index in [0.29, 0.717) is 11.1 Å². The van der Waals surface area contributed by atoms with Gasteiger partial charge in [-0.25, -0.2) is 13.6 Å². The summed E-state index contributed by atoms with van der Waals surface area (Å²) in [7, 11) is -3.74. The van der Waals surface area contributed by atoms with Crippen molar-refractivity contribution in [3.05, 3.63) is 16.5 Å². The molecule has 1 aromatic rings. The maximum atomic E-state index is 12.4. The molecule has 1 fully saturated rings. The summed E-state index contributed by atoms with van der Waals surface area (Å²) in [5.41, 5.74) is 0.942. The van der Waals surface area contributed by atoms with Gasteiger partial charge in [-0.1, -0.05) is 12.8 Å². The van der Waals surface area contributed by atoms with Gasteiger partial charge in [-0.3, -0.25) is 4.79 Å². The second-order valence-electron chi connectivity index (χ2n) is 4.81. The molecule has 0 unspecified atom stereocenters. The topological polar surface area (TPSA) is 80.5 Å². The Morgan fingerprint density at radius 3 is 2.32 bits per heavy atom. The zero-order valence-electron chi connectivity index (χ0n) is 10.9. The molecule has 1 aliphatic heterocycles. The number of rotatable bonds is 2. The lowest BCUT2D eigenvalue weighted by Crippen LogP contribution is -2.32. The largest absolute Gasteiger partial charge is 0.339 e. The molecule has 1 aliphatic rings. The fraction of sp³-hybridized carbons (Fsp3) is 0.583. The van der Waals surface area contributed by atoms with Crippen molar-refractivity contribution < 1.29 is 13.2 Å². The summed E-state index contributed by atoms with van der Waals surface area (Å²) < 4.78 is 22.9. The number of amides is 1. The van der Waals surface area contributed by atoms with Crippen molar-refractivity contribution in [3.63, 3.8) is 0 Å². The Bertz CT molecular complexity index is 570. The second kappa shape index (κ2) is 5.60. The molecule has 2 rings (SSSR count). The number of likely N-dealkylation sites (tertiary alicyclic amines) is 1. The van der Waals surface area contributed by atoms with E-state index >= 15 is 0 Å². The summed E-state index contributed by atoms with van der Waals surface area (Å²) in [6.45, 7) is 3.14. The highest BCUT2D eigenvalue weighted by atomic mass is 32.2. The number of nitrogens with two attached hydrogens (primary N) is 1. The summed E-state index contributed by atoms with van der Waals surface area (Å²) in [5, 5.41) is 6.73. The van der Waals surface area contributed by atoms with E-state index in [-0.39, 0.29) is 10.1 Å². The van der Waals surface area contributed by atoms with Crippen molar-refractivity contribution in [2.75, 3.05) is 13.1 Å². The molecule has 0 aliphatic carbocycles. The highest BCUT2D eigenvalue weighted by Crippen LogP contribution is 2.27. The summed E-state index contributed by atoms with van der Waals surface area (Å²) in [5.74, 6) is -0.0782. The fourth-order valence-electron chi connectivity index (χ4n) is 2.33. The number of carbonyl (C=O) groups is 1. The molecule has 0 saturated carbocycles. The van der Waals surface area contributed by atoms with Crippen LogP contribution in [0.5, 0.6) is 0 Å². The molecule has 0 bridgehead atoms. The molecule has 2 N–H and O–H groups in total. The van der Waals surface area contributed by atoms with Gasteiger partial charge < -0.3 is 4.90 Å². The van der Waals surface area contributed by atoms with Crippen molar-refractivity contribution in [1.82, 2.24) is 4.90 Å². The highest BCUT2D eigenvalue weighted by molar-refractivity contribution is 7.91. The Morgan fingerprint density at radius 2 is 1.84 bits per heavy atom. The van der Waals surface area contributed by atoms with Crippen LogP contribution in [0.15, 0.2) is 9.59 Å². The van der Waals surface area contributed by atoms with Crippen LogP contribution in [0, 0.1) is 6.92 Å². The van der Waals surface area contributed by atoms with Crippen molar-refractivity contribution >= 4 is 27.3 Å². The summed E-state index contributed by atoms with van der Waals surface area (Å²) in [6, 6.07) is 0. The van der Waals surface area contributed by atoms with Gasteiger partial charge in [-0.15, -0.1) is 11.3 Å². The van der Waals surface area contributed by atoms with Gasteiger partial charge in [0.1, 0.15) is 4.21 Å². The van der Waals surface area contributed by atoms with Crippen LogP contribution in [-0.2, 0) is 10.0 Å². The molecule has 5 nitrogen and oxygen atoms in total. The smallest absolute Gasteiger partial charge is 0.255 e. The Morgan fingerprint density at radius 1 is 1.26 bits per heavy atom. The number of primary sulfonamides is 1. The average molecular weight is 302 g/mol. The third-order valence-electron chi connectivity index (χ3n) is 3.38. The van der Waals surface area contributed by atoms with Crippen LogP contribution in [0.2, 0.25) is 0 Å². The van der Waals surface area contributed by atoms with Crippen LogP contribution in [0.1, 0.15) is 41.6 Å². The molecule has 1 amide bonds. The van der Waals surface area contributed by atoms with Gasteiger partial charge in [0.15, 0.2) is 0 Å². The van der Waals surface area contributed by atoms with E-state index in [1.807, 2.05) is 4.90 Å². The quantitative estimate of drug-likeness (QED) is 0.903. The maximum Gasteiger partial charge on any atom is 0.255 e. The normalized spacial score (nSPS) is 17.3. The molecule has 19 heavy (non-hydrogen) atoms. The first-order chi connectivity index (χ1) is 8.91. The zero-order valence-corrected chi connectivity index (χ0v) is 12.5. The molecule has 0 radical (unpaired) electrons. The lowest BCUT2D eigenvalue weighted by atomic mass is 10.2. The summed E-state index contributed by atoms with van der Waals surface area (Å²) >= 11 is 1.02. The molecule has 2 heterocycles. The SMILES string of the molecule is Cc1c(C(=O)N2CCCCCC2)csc1S(N)(=O)=O. The van der Waals surface area contributed by atoms with Gasteiger partial charge in [-0.2, -0.15) is 0 Å². The van der Waals surface area contributed by atoms with E-state index in [1.165, 1.54) is 0 Å². The standard InChI is InChI=1S/C12H18N2O3S2/c1-9-10(8-18-12(9)19(13,16)17)11(15)14-6-4-2-3-5-7-14/h8H,2-7H2,1H3,(H2,13,16,17). The predicted octanol–water partition coefficient (Wildman–Crippen LogP) is 1.72. The third-order valence-corrected chi connectivity index (χ3v) is 6.06. The van der Waals surface area contributed by atoms with Crippen molar-refractivity contribution in [2.24, 2.45) is 5.14 Å². The van der Waals surface area contributed by atoms with Crippen LogP contribution >= 0.6 is 11.3 Å². The number of nitrogens with zero attached hydrogens (tertiary/aromatic N) is 1. The molecule has 0 atom stereocenters. The average Bonchev–Trinajstić information content (AvgIpc) is 2.57.